The number of sulfonamides is 1. The van der Waals surface area contributed by atoms with Gasteiger partial charge in [-0.05, 0) is 42.9 Å². The fraction of sp³-hybridized carbons (Fsp3) is 0.600. The van der Waals surface area contributed by atoms with Gasteiger partial charge in [0, 0.05) is 18.6 Å². The number of hydrogen-bond acceptors (Lipinski definition) is 3. The second kappa shape index (κ2) is 5.84. The lowest BCUT2D eigenvalue weighted by Gasteiger charge is -2.14. The second-order valence-electron chi connectivity index (χ2n) is 5.86. The summed E-state index contributed by atoms with van der Waals surface area (Å²) in [4.78, 5) is 0.290. The van der Waals surface area contributed by atoms with Crippen LogP contribution in [-0.4, -0.2) is 26.7 Å². The van der Waals surface area contributed by atoms with Gasteiger partial charge in [0.25, 0.3) is 0 Å². The first-order chi connectivity index (χ1) is 9.42. The zero-order valence-electron chi connectivity index (χ0n) is 12.1. The van der Waals surface area contributed by atoms with Gasteiger partial charge in [-0.25, -0.2) is 13.1 Å². The Morgan fingerprint density at radius 2 is 1.90 bits per heavy atom. The average Bonchev–Trinajstić information content (AvgIpc) is 3.25. The van der Waals surface area contributed by atoms with Crippen LogP contribution in [0.4, 0.5) is 0 Å². The Morgan fingerprint density at radius 1 is 1.30 bits per heavy atom. The van der Waals surface area contributed by atoms with Crippen LogP contribution in [0, 0.1) is 5.41 Å². The molecule has 0 aromatic heterocycles. The predicted octanol–water partition coefficient (Wildman–Crippen LogP) is 2.25. The molecular weight excluding hydrogens is 274 g/mol. The third kappa shape index (κ3) is 3.40. The van der Waals surface area contributed by atoms with Crippen molar-refractivity contribution in [1.82, 2.24) is 4.72 Å². The molecule has 0 radical (unpaired) electrons. The number of aliphatic hydroxyl groups excluding tert-OH is 1. The number of hydrogen-bond donors (Lipinski definition) is 2. The van der Waals surface area contributed by atoms with Gasteiger partial charge in [-0.1, -0.05) is 26.0 Å². The molecule has 2 N–H and O–H groups in total. The topological polar surface area (TPSA) is 66.4 Å². The molecule has 1 saturated carbocycles. The molecular formula is C15H23NO3S. The van der Waals surface area contributed by atoms with Crippen LogP contribution in [0.5, 0.6) is 0 Å². The molecule has 1 aromatic carbocycles. The minimum Gasteiger partial charge on any atom is -0.396 e. The van der Waals surface area contributed by atoms with Gasteiger partial charge >= 0.3 is 0 Å². The van der Waals surface area contributed by atoms with Crippen molar-refractivity contribution in [3.8, 4) is 0 Å². The van der Waals surface area contributed by atoms with Crippen LogP contribution < -0.4 is 4.72 Å². The van der Waals surface area contributed by atoms with Crippen molar-refractivity contribution in [3.63, 3.8) is 0 Å². The summed E-state index contributed by atoms with van der Waals surface area (Å²) in [6, 6.07) is 7.06. The summed E-state index contributed by atoms with van der Waals surface area (Å²) in [7, 11) is -3.47. The van der Waals surface area contributed by atoms with Crippen LogP contribution in [0.1, 0.15) is 44.6 Å². The normalized spacial score (nSPS) is 18.8. The zero-order chi connectivity index (χ0) is 14.8. The van der Waals surface area contributed by atoms with Gasteiger partial charge in [-0.2, -0.15) is 0 Å². The summed E-state index contributed by atoms with van der Waals surface area (Å²) in [6.07, 6.45) is 2.81. The second-order valence-corrected chi connectivity index (χ2v) is 7.63. The third-order valence-electron chi connectivity index (χ3n) is 4.30. The SMILES string of the molecule is CCC(C)c1ccc(S(=O)(=O)NCC2(CO)CC2)cc1. The van der Waals surface area contributed by atoms with E-state index in [0.29, 0.717) is 17.4 Å². The van der Waals surface area contributed by atoms with E-state index in [9.17, 15) is 13.5 Å². The minimum absolute atomic E-state index is 0.0441. The first kappa shape index (κ1) is 15.5. The van der Waals surface area contributed by atoms with E-state index in [1.807, 2.05) is 12.1 Å². The van der Waals surface area contributed by atoms with E-state index in [0.717, 1.165) is 24.8 Å². The summed E-state index contributed by atoms with van der Waals surface area (Å²) in [5.74, 6) is 0.434. The van der Waals surface area contributed by atoms with Crippen LogP contribution >= 0.6 is 0 Å². The molecule has 112 valence electrons. The van der Waals surface area contributed by atoms with Gasteiger partial charge in [0.05, 0.1) is 4.90 Å². The van der Waals surface area contributed by atoms with Gasteiger partial charge in [0.2, 0.25) is 10.0 Å². The molecule has 0 spiro atoms. The van der Waals surface area contributed by atoms with Crippen molar-refractivity contribution in [3.05, 3.63) is 29.8 Å². The van der Waals surface area contributed by atoms with Gasteiger partial charge in [0.15, 0.2) is 0 Å². The van der Waals surface area contributed by atoms with Gasteiger partial charge in [0.1, 0.15) is 0 Å². The van der Waals surface area contributed by atoms with Crippen molar-refractivity contribution in [1.29, 1.82) is 0 Å². The lowest BCUT2D eigenvalue weighted by atomic mass is 9.99. The maximum absolute atomic E-state index is 12.2. The van der Waals surface area contributed by atoms with Crippen LogP contribution in [0.25, 0.3) is 0 Å². The largest absolute Gasteiger partial charge is 0.396 e. The molecule has 1 atom stereocenters. The Bertz CT molecular complexity index is 547. The van der Waals surface area contributed by atoms with Gasteiger partial charge < -0.3 is 5.11 Å². The average molecular weight is 297 g/mol. The quantitative estimate of drug-likeness (QED) is 0.811. The molecule has 1 unspecified atom stereocenters. The number of aliphatic hydroxyl groups is 1. The first-order valence-electron chi connectivity index (χ1n) is 7.13. The predicted molar refractivity (Wildman–Crippen MR) is 79.1 cm³/mol. The highest BCUT2D eigenvalue weighted by Gasteiger charge is 2.42. The van der Waals surface area contributed by atoms with Crippen LogP contribution in [0.2, 0.25) is 0 Å². The summed E-state index contributed by atoms with van der Waals surface area (Å²) >= 11 is 0. The molecule has 1 aromatic rings. The fourth-order valence-electron chi connectivity index (χ4n) is 2.11. The molecule has 5 heteroatoms. The minimum atomic E-state index is -3.47. The molecule has 1 aliphatic carbocycles. The van der Waals surface area contributed by atoms with E-state index >= 15 is 0 Å². The fourth-order valence-corrected chi connectivity index (χ4v) is 3.27. The maximum atomic E-state index is 12.2. The Kier molecular flexibility index (Phi) is 4.52. The lowest BCUT2D eigenvalue weighted by molar-refractivity contribution is 0.213. The van der Waals surface area contributed by atoms with Crippen LogP contribution in [0.3, 0.4) is 0 Å². The third-order valence-corrected chi connectivity index (χ3v) is 5.72. The summed E-state index contributed by atoms with van der Waals surface area (Å²) in [5, 5.41) is 9.21. The highest BCUT2D eigenvalue weighted by molar-refractivity contribution is 7.89. The standard InChI is InChI=1S/C15H23NO3S/c1-3-12(2)13-4-6-14(7-5-13)20(18,19)16-10-15(11-17)8-9-15/h4-7,12,16-17H,3,8-11H2,1-2H3. The maximum Gasteiger partial charge on any atom is 0.240 e. The smallest absolute Gasteiger partial charge is 0.240 e. The highest BCUT2D eigenvalue weighted by Crippen LogP contribution is 2.44. The van der Waals surface area contributed by atoms with Gasteiger partial charge in [-0.3, -0.25) is 0 Å². The van der Waals surface area contributed by atoms with E-state index in [1.165, 1.54) is 0 Å². The van der Waals surface area contributed by atoms with Gasteiger partial charge in [-0.15, -0.1) is 0 Å². The molecule has 4 nitrogen and oxygen atoms in total. The first-order valence-corrected chi connectivity index (χ1v) is 8.61. The van der Waals surface area contributed by atoms with E-state index < -0.39 is 10.0 Å². The number of nitrogens with one attached hydrogen (secondary N) is 1. The zero-order valence-corrected chi connectivity index (χ0v) is 12.9. The Balaban J connectivity index is 2.05. The molecule has 0 amide bonds. The van der Waals surface area contributed by atoms with Crippen molar-refractivity contribution in [2.24, 2.45) is 5.41 Å². The Hall–Kier alpha value is -0.910. The van der Waals surface area contributed by atoms with Crippen molar-refractivity contribution >= 4 is 10.0 Å². The monoisotopic (exact) mass is 297 g/mol. The van der Waals surface area contributed by atoms with Crippen LogP contribution in [0.15, 0.2) is 29.2 Å². The number of rotatable bonds is 7. The molecule has 20 heavy (non-hydrogen) atoms. The Labute approximate surface area is 121 Å². The van der Waals surface area contributed by atoms with Crippen molar-refractivity contribution in [2.75, 3.05) is 13.2 Å². The van der Waals surface area contributed by atoms with Crippen molar-refractivity contribution < 1.29 is 13.5 Å². The number of benzene rings is 1. The molecule has 1 aliphatic rings. The van der Waals surface area contributed by atoms with Crippen LogP contribution in [-0.2, 0) is 10.0 Å². The van der Waals surface area contributed by atoms with E-state index in [4.69, 9.17) is 0 Å². The summed E-state index contributed by atoms with van der Waals surface area (Å²) < 4.78 is 27.0. The van der Waals surface area contributed by atoms with Crippen molar-refractivity contribution in [2.45, 2.75) is 43.9 Å². The molecule has 0 aliphatic heterocycles. The Morgan fingerprint density at radius 3 is 2.35 bits per heavy atom. The molecule has 1 fully saturated rings. The van der Waals surface area contributed by atoms with E-state index in [-0.39, 0.29) is 12.0 Å². The molecule has 2 rings (SSSR count). The highest BCUT2D eigenvalue weighted by atomic mass is 32.2. The van der Waals surface area contributed by atoms with E-state index in [1.54, 1.807) is 12.1 Å². The lowest BCUT2D eigenvalue weighted by Crippen LogP contribution is -2.31. The molecule has 0 saturated heterocycles. The molecule has 0 bridgehead atoms. The summed E-state index contributed by atoms with van der Waals surface area (Å²) in [6.45, 7) is 4.60. The molecule has 0 heterocycles. The summed E-state index contributed by atoms with van der Waals surface area (Å²) in [5.41, 5.74) is 0.935. The van der Waals surface area contributed by atoms with E-state index in [2.05, 4.69) is 18.6 Å².